The second-order valence-electron chi connectivity index (χ2n) is 4.63. The smallest absolute Gasteiger partial charge is 0.177 e. The van der Waals surface area contributed by atoms with Crippen molar-refractivity contribution in [1.29, 1.82) is 0 Å². The van der Waals surface area contributed by atoms with E-state index >= 15 is 0 Å². The van der Waals surface area contributed by atoms with E-state index in [2.05, 4.69) is 27.4 Å². The molecule has 0 atom stereocenters. The molecule has 4 rings (SSSR count). The predicted octanol–water partition coefficient (Wildman–Crippen LogP) is 1.65. The summed E-state index contributed by atoms with van der Waals surface area (Å²) in [5.74, 6) is 1.86. The van der Waals surface area contributed by atoms with Crippen molar-refractivity contribution in [1.82, 2.24) is 19.8 Å². The minimum absolute atomic E-state index is 0.728. The molecule has 0 N–H and O–H groups in total. The highest BCUT2D eigenvalue weighted by Crippen LogP contribution is 2.26. The zero-order valence-corrected chi connectivity index (χ0v) is 10.3. The van der Waals surface area contributed by atoms with E-state index in [-0.39, 0.29) is 0 Å². The molecule has 0 aliphatic carbocycles. The summed E-state index contributed by atoms with van der Waals surface area (Å²) in [4.78, 5) is 0. The fourth-order valence-corrected chi connectivity index (χ4v) is 2.43. The van der Waals surface area contributed by atoms with Crippen LogP contribution >= 0.6 is 0 Å². The molecule has 0 bridgehead atoms. The average molecular weight is 252 g/mol. The van der Waals surface area contributed by atoms with Gasteiger partial charge in [0.15, 0.2) is 11.5 Å². The quantitative estimate of drug-likeness (QED) is 0.696. The zero-order valence-electron chi connectivity index (χ0n) is 10.3. The molecule has 1 aromatic carbocycles. The highest BCUT2D eigenvalue weighted by atomic mass is 16.5. The molecule has 0 fully saturated rings. The van der Waals surface area contributed by atoms with E-state index < -0.39 is 0 Å². The van der Waals surface area contributed by atoms with Crippen LogP contribution in [-0.2, 0) is 12.8 Å². The molecule has 19 heavy (non-hydrogen) atoms. The lowest BCUT2D eigenvalue weighted by Crippen LogP contribution is -1.99. The summed E-state index contributed by atoms with van der Waals surface area (Å²) >= 11 is 0. The monoisotopic (exact) mass is 252 g/mol. The van der Waals surface area contributed by atoms with Gasteiger partial charge in [0.05, 0.1) is 6.61 Å². The second-order valence-corrected chi connectivity index (χ2v) is 4.63. The molecule has 0 saturated carbocycles. The first-order valence-electron chi connectivity index (χ1n) is 6.30. The van der Waals surface area contributed by atoms with Crippen LogP contribution in [-0.4, -0.2) is 26.4 Å². The van der Waals surface area contributed by atoms with Crippen molar-refractivity contribution in [3.8, 4) is 5.75 Å². The summed E-state index contributed by atoms with van der Waals surface area (Å²) in [7, 11) is 0. The van der Waals surface area contributed by atoms with Crippen molar-refractivity contribution >= 4 is 5.65 Å². The van der Waals surface area contributed by atoms with Gasteiger partial charge in [-0.05, 0) is 29.3 Å². The van der Waals surface area contributed by atoms with Gasteiger partial charge < -0.3 is 4.74 Å². The number of fused-ring (bicyclic) bond motifs is 2. The van der Waals surface area contributed by atoms with Crippen molar-refractivity contribution in [3.63, 3.8) is 0 Å². The first kappa shape index (κ1) is 10.5. The van der Waals surface area contributed by atoms with E-state index in [0.717, 1.165) is 36.7 Å². The fraction of sp³-hybridized carbons (Fsp3) is 0.214. The second kappa shape index (κ2) is 4.05. The summed E-state index contributed by atoms with van der Waals surface area (Å²) in [5.41, 5.74) is 3.27. The number of aromatic nitrogens is 4. The molecule has 3 aromatic rings. The summed E-state index contributed by atoms with van der Waals surface area (Å²) in [6.45, 7) is 0.786. The van der Waals surface area contributed by atoms with Crippen LogP contribution < -0.4 is 4.74 Å². The van der Waals surface area contributed by atoms with Crippen molar-refractivity contribution in [2.75, 3.05) is 6.61 Å². The first-order valence-corrected chi connectivity index (χ1v) is 6.30. The summed E-state index contributed by atoms with van der Waals surface area (Å²) in [5, 5.41) is 12.6. The van der Waals surface area contributed by atoms with Crippen LogP contribution in [0.5, 0.6) is 5.75 Å². The highest BCUT2D eigenvalue weighted by Gasteiger charge is 2.13. The Bertz CT molecular complexity index is 750. The lowest BCUT2D eigenvalue weighted by molar-refractivity contribution is 0.357. The molecule has 2 aromatic heterocycles. The van der Waals surface area contributed by atoms with Gasteiger partial charge >= 0.3 is 0 Å². The van der Waals surface area contributed by atoms with Crippen molar-refractivity contribution < 1.29 is 4.74 Å². The fourth-order valence-electron chi connectivity index (χ4n) is 2.43. The lowest BCUT2D eigenvalue weighted by atomic mass is 10.1. The number of ether oxygens (including phenoxy) is 1. The standard InChI is InChI=1S/C14H12N4O/c1-2-13-16-17-14(18(13)15-6-1)9-10-3-4-12-11(8-10)5-7-19-12/h1-4,6,8H,5,7,9H2. The molecular formula is C14H12N4O. The Balaban J connectivity index is 1.71. The molecule has 1 aliphatic rings. The van der Waals surface area contributed by atoms with Gasteiger partial charge in [0.2, 0.25) is 0 Å². The molecule has 0 amide bonds. The van der Waals surface area contributed by atoms with Crippen LogP contribution in [0.15, 0.2) is 36.5 Å². The van der Waals surface area contributed by atoms with Gasteiger partial charge in [-0.1, -0.05) is 12.1 Å². The molecule has 1 aliphatic heterocycles. The van der Waals surface area contributed by atoms with E-state index in [1.807, 2.05) is 18.2 Å². The van der Waals surface area contributed by atoms with Crippen molar-refractivity contribution in [2.45, 2.75) is 12.8 Å². The van der Waals surface area contributed by atoms with Crippen LogP contribution in [0.25, 0.3) is 5.65 Å². The molecule has 0 spiro atoms. The van der Waals surface area contributed by atoms with Crippen LogP contribution in [0.4, 0.5) is 0 Å². The molecule has 3 heterocycles. The van der Waals surface area contributed by atoms with Gasteiger partial charge in [0.1, 0.15) is 5.75 Å². The SMILES string of the molecule is c1cnn2c(Cc3ccc4c(c3)CCO4)nnc2c1. The molecule has 5 heteroatoms. The van der Waals surface area contributed by atoms with Crippen molar-refractivity contribution in [3.05, 3.63) is 53.5 Å². The van der Waals surface area contributed by atoms with Crippen LogP contribution in [0, 0.1) is 0 Å². The van der Waals surface area contributed by atoms with E-state index in [9.17, 15) is 0 Å². The molecule has 0 unspecified atom stereocenters. The largest absolute Gasteiger partial charge is 0.493 e. The predicted molar refractivity (Wildman–Crippen MR) is 69.2 cm³/mol. The van der Waals surface area contributed by atoms with Crippen LogP contribution in [0.3, 0.4) is 0 Å². The van der Waals surface area contributed by atoms with E-state index in [4.69, 9.17) is 4.74 Å². The Kier molecular flexibility index (Phi) is 2.24. The molecule has 94 valence electrons. The molecular weight excluding hydrogens is 240 g/mol. The number of hydrogen-bond acceptors (Lipinski definition) is 4. The van der Waals surface area contributed by atoms with Gasteiger partial charge in [0.25, 0.3) is 0 Å². The van der Waals surface area contributed by atoms with E-state index in [1.54, 1.807) is 10.7 Å². The third kappa shape index (κ3) is 1.74. The zero-order chi connectivity index (χ0) is 12.7. The van der Waals surface area contributed by atoms with E-state index in [0.29, 0.717) is 0 Å². The van der Waals surface area contributed by atoms with Gasteiger partial charge in [-0.15, -0.1) is 10.2 Å². The van der Waals surface area contributed by atoms with E-state index in [1.165, 1.54) is 11.1 Å². The summed E-state index contributed by atoms with van der Waals surface area (Å²) in [6.07, 6.45) is 3.46. The Hall–Kier alpha value is -2.43. The molecule has 5 nitrogen and oxygen atoms in total. The topological polar surface area (TPSA) is 52.3 Å². The average Bonchev–Trinajstić information content (AvgIpc) is 3.06. The lowest BCUT2D eigenvalue weighted by Gasteiger charge is -2.03. The van der Waals surface area contributed by atoms with Gasteiger partial charge in [-0.25, -0.2) is 0 Å². The van der Waals surface area contributed by atoms with Gasteiger partial charge in [0, 0.05) is 19.0 Å². The normalized spacial score (nSPS) is 13.5. The molecule has 0 radical (unpaired) electrons. The third-order valence-electron chi connectivity index (χ3n) is 3.36. The maximum Gasteiger partial charge on any atom is 0.177 e. The Morgan fingerprint density at radius 2 is 2.21 bits per heavy atom. The van der Waals surface area contributed by atoms with Crippen LogP contribution in [0.1, 0.15) is 17.0 Å². The molecule has 0 saturated heterocycles. The summed E-state index contributed by atoms with van der Waals surface area (Å²) < 4.78 is 7.29. The number of nitrogens with zero attached hydrogens (tertiary/aromatic N) is 4. The number of rotatable bonds is 2. The van der Waals surface area contributed by atoms with Crippen LogP contribution in [0.2, 0.25) is 0 Å². The van der Waals surface area contributed by atoms with Gasteiger partial charge in [-0.2, -0.15) is 9.61 Å². The third-order valence-corrected chi connectivity index (χ3v) is 3.36. The minimum Gasteiger partial charge on any atom is -0.493 e. The van der Waals surface area contributed by atoms with Gasteiger partial charge in [-0.3, -0.25) is 0 Å². The Morgan fingerprint density at radius 3 is 3.21 bits per heavy atom. The number of hydrogen-bond donors (Lipinski definition) is 0. The minimum atomic E-state index is 0.728. The maximum atomic E-state index is 5.51. The Labute approximate surface area is 109 Å². The Morgan fingerprint density at radius 1 is 1.21 bits per heavy atom. The highest BCUT2D eigenvalue weighted by molar-refractivity contribution is 5.41. The van der Waals surface area contributed by atoms with Crippen molar-refractivity contribution in [2.24, 2.45) is 0 Å². The maximum absolute atomic E-state index is 5.51. The first-order chi connectivity index (χ1) is 9.40. The number of benzene rings is 1. The summed E-state index contributed by atoms with van der Waals surface area (Å²) in [6, 6.07) is 10.1.